The highest BCUT2D eigenvalue weighted by molar-refractivity contribution is 6.30. The van der Waals surface area contributed by atoms with Crippen molar-refractivity contribution in [3.05, 3.63) is 64.2 Å². The van der Waals surface area contributed by atoms with Crippen LogP contribution in [0.3, 0.4) is 0 Å². The van der Waals surface area contributed by atoms with Gasteiger partial charge in [0.1, 0.15) is 11.7 Å². The summed E-state index contributed by atoms with van der Waals surface area (Å²) in [6, 6.07) is 5.42. The predicted octanol–water partition coefficient (Wildman–Crippen LogP) is 3.71. The molecule has 2 amide bonds. The first-order valence-corrected chi connectivity index (χ1v) is 8.22. The van der Waals surface area contributed by atoms with Gasteiger partial charge in [-0.05, 0) is 29.8 Å². The van der Waals surface area contributed by atoms with Gasteiger partial charge in [-0.15, -0.1) is 0 Å². The van der Waals surface area contributed by atoms with E-state index in [9.17, 15) is 27.2 Å². The normalized spacial score (nSPS) is 19.5. The molecule has 4 nitrogen and oxygen atoms in total. The molecule has 2 aromatic rings. The lowest BCUT2D eigenvalue weighted by Crippen LogP contribution is -2.33. The van der Waals surface area contributed by atoms with Gasteiger partial charge in [0.05, 0.1) is 10.7 Å². The molecule has 1 N–H and O–H groups in total. The molecule has 0 saturated carbocycles. The van der Waals surface area contributed by atoms with Gasteiger partial charge in [-0.2, -0.15) is 0 Å². The minimum absolute atomic E-state index is 0.110. The van der Waals surface area contributed by atoms with Crippen molar-refractivity contribution >= 4 is 29.1 Å². The first-order valence-electron chi connectivity index (χ1n) is 7.85. The number of rotatable bonds is 3. The number of hydrogen-bond acceptors (Lipinski definition) is 2. The van der Waals surface area contributed by atoms with E-state index in [4.69, 9.17) is 11.6 Å². The lowest BCUT2D eigenvalue weighted by atomic mass is 9.87. The molecule has 1 aliphatic rings. The minimum Gasteiger partial charge on any atom is -0.344 e. The maximum atomic E-state index is 13.8. The van der Waals surface area contributed by atoms with Crippen molar-refractivity contribution in [1.29, 1.82) is 0 Å². The number of carbonyl (C=O) groups excluding carboxylic acids is 2. The van der Waals surface area contributed by atoms with E-state index in [0.717, 1.165) is 12.1 Å². The summed E-state index contributed by atoms with van der Waals surface area (Å²) in [6.45, 7) is 0.123. The van der Waals surface area contributed by atoms with Crippen molar-refractivity contribution in [3.63, 3.8) is 0 Å². The number of likely N-dealkylation sites (N-methyl/N-ethyl adjacent to an activating group) is 1. The molecular formula is C18H13ClF4N2O2. The van der Waals surface area contributed by atoms with Crippen LogP contribution in [-0.4, -0.2) is 30.3 Å². The second-order valence-corrected chi connectivity index (χ2v) is 6.60. The molecule has 0 unspecified atom stereocenters. The fourth-order valence-corrected chi connectivity index (χ4v) is 3.19. The molecule has 2 atom stereocenters. The summed E-state index contributed by atoms with van der Waals surface area (Å²) >= 11 is 5.66. The maximum Gasteiger partial charge on any atom is 0.237 e. The van der Waals surface area contributed by atoms with Gasteiger partial charge in [-0.3, -0.25) is 9.59 Å². The summed E-state index contributed by atoms with van der Waals surface area (Å²) in [5, 5.41) is 2.00. The number of anilines is 1. The topological polar surface area (TPSA) is 49.4 Å². The molecule has 142 valence electrons. The molecule has 2 aromatic carbocycles. The molecule has 0 aliphatic carbocycles. The minimum atomic E-state index is -1.74. The van der Waals surface area contributed by atoms with E-state index in [1.165, 1.54) is 24.1 Å². The van der Waals surface area contributed by atoms with Crippen LogP contribution in [0.2, 0.25) is 5.02 Å². The van der Waals surface area contributed by atoms with E-state index >= 15 is 0 Å². The van der Waals surface area contributed by atoms with Crippen molar-refractivity contribution in [3.8, 4) is 0 Å². The Kier molecular flexibility index (Phi) is 5.10. The molecule has 1 fully saturated rings. The van der Waals surface area contributed by atoms with Gasteiger partial charge in [0, 0.05) is 19.5 Å². The van der Waals surface area contributed by atoms with Gasteiger partial charge >= 0.3 is 0 Å². The molecule has 0 bridgehead atoms. The quantitative estimate of drug-likeness (QED) is 0.485. The van der Waals surface area contributed by atoms with E-state index in [1.807, 2.05) is 0 Å². The lowest BCUT2D eigenvalue weighted by molar-refractivity contribution is -0.135. The molecule has 27 heavy (non-hydrogen) atoms. The first-order chi connectivity index (χ1) is 12.7. The molecule has 0 radical (unpaired) electrons. The van der Waals surface area contributed by atoms with Crippen LogP contribution >= 0.6 is 11.6 Å². The van der Waals surface area contributed by atoms with Gasteiger partial charge in [0.2, 0.25) is 11.8 Å². The Morgan fingerprint density at radius 2 is 1.81 bits per heavy atom. The molecule has 1 saturated heterocycles. The molecule has 0 spiro atoms. The monoisotopic (exact) mass is 400 g/mol. The third kappa shape index (κ3) is 3.49. The number of nitrogens with one attached hydrogen (secondary N) is 1. The highest BCUT2D eigenvalue weighted by Gasteiger charge is 2.44. The average Bonchev–Trinajstić information content (AvgIpc) is 2.93. The number of likely N-dealkylation sites (tertiary alicyclic amines) is 1. The molecular weight excluding hydrogens is 388 g/mol. The van der Waals surface area contributed by atoms with Crippen LogP contribution in [0.25, 0.3) is 0 Å². The van der Waals surface area contributed by atoms with Gasteiger partial charge in [-0.1, -0.05) is 17.7 Å². The molecule has 0 aromatic heterocycles. The van der Waals surface area contributed by atoms with E-state index in [2.05, 4.69) is 5.32 Å². The highest BCUT2D eigenvalue weighted by Crippen LogP contribution is 2.35. The van der Waals surface area contributed by atoms with E-state index in [0.29, 0.717) is 11.6 Å². The SMILES string of the molecule is CN1C[C@H](c2ccc(Cl)c(F)c2)[C@@H](C(=O)Nc2ccc(F)c(F)c2F)C1=O. The summed E-state index contributed by atoms with van der Waals surface area (Å²) < 4.78 is 54.0. The predicted molar refractivity (Wildman–Crippen MR) is 90.2 cm³/mol. The first kappa shape index (κ1) is 19.2. The zero-order valence-electron chi connectivity index (χ0n) is 13.9. The number of amides is 2. The van der Waals surface area contributed by atoms with Crippen molar-refractivity contribution in [1.82, 2.24) is 4.90 Å². The number of hydrogen-bond donors (Lipinski definition) is 1. The average molecular weight is 401 g/mol. The summed E-state index contributed by atoms with van der Waals surface area (Å²) in [7, 11) is 1.47. The standard InChI is InChI=1S/C18H13ClF4N2O2/c1-25-7-9(8-2-3-10(19)12(21)6-8)14(18(25)27)17(26)24-13-5-4-11(20)15(22)16(13)23/h2-6,9,14H,7H2,1H3,(H,24,26)/t9-,14+/m1/s1. The third-order valence-corrected chi connectivity index (χ3v) is 4.77. The fourth-order valence-electron chi connectivity index (χ4n) is 3.07. The van der Waals surface area contributed by atoms with E-state index in [1.54, 1.807) is 0 Å². The molecule has 3 rings (SSSR count). The van der Waals surface area contributed by atoms with Crippen LogP contribution in [0.1, 0.15) is 11.5 Å². The van der Waals surface area contributed by atoms with E-state index in [-0.39, 0.29) is 11.6 Å². The van der Waals surface area contributed by atoms with Crippen LogP contribution in [0.4, 0.5) is 23.2 Å². The molecule has 1 aliphatic heterocycles. The van der Waals surface area contributed by atoms with Crippen LogP contribution in [0.5, 0.6) is 0 Å². The summed E-state index contributed by atoms with van der Waals surface area (Å²) in [5.41, 5.74) is -0.234. The Hall–Kier alpha value is -2.61. The zero-order valence-corrected chi connectivity index (χ0v) is 14.7. The fraction of sp³-hybridized carbons (Fsp3) is 0.222. The Balaban J connectivity index is 1.92. The van der Waals surface area contributed by atoms with Crippen molar-refractivity contribution in [2.45, 2.75) is 5.92 Å². The Bertz CT molecular complexity index is 938. The van der Waals surface area contributed by atoms with Gasteiger partial charge in [-0.25, -0.2) is 17.6 Å². The van der Waals surface area contributed by atoms with Crippen molar-refractivity contribution in [2.24, 2.45) is 5.92 Å². The van der Waals surface area contributed by atoms with Crippen LogP contribution in [-0.2, 0) is 9.59 Å². The Labute approximate surface area is 156 Å². The van der Waals surface area contributed by atoms with Crippen LogP contribution < -0.4 is 5.32 Å². The zero-order chi connectivity index (χ0) is 19.9. The lowest BCUT2D eigenvalue weighted by Gasteiger charge is -2.17. The largest absolute Gasteiger partial charge is 0.344 e. The molecule has 9 heteroatoms. The number of benzene rings is 2. The third-order valence-electron chi connectivity index (χ3n) is 4.46. The summed E-state index contributed by atoms with van der Waals surface area (Å²) in [4.78, 5) is 26.3. The van der Waals surface area contributed by atoms with E-state index < -0.39 is 52.6 Å². The number of carbonyl (C=O) groups is 2. The van der Waals surface area contributed by atoms with Crippen molar-refractivity contribution < 1.29 is 27.2 Å². The number of nitrogens with zero attached hydrogens (tertiary/aromatic N) is 1. The van der Waals surface area contributed by atoms with Gasteiger partial charge in [0.25, 0.3) is 0 Å². The van der Waals surface area contributed by atoms with Gasteiger partial charge < -0.3 is 10.2 Å². The number of halogens is 5. The second-order valence-electron chi connectivity index (χ2n) is 6.19. The van der Waals surface area contributed by atoms with Crippen molar-refractivity contribution in [2.75, 3.05) is 18.9 Å². The maximum absolute atomic E-state index is 13.8. The summed E-state index contributed by atoms with van der Waals surface area (Å²) in [5.74, 6) is -8.90. The Morgan fingerprint density at radius 1 is 1.11 bits per heavy atom. The summed E-state index contributed by atoms with van der Waals surface area (Å²) in [6.07, 6.45) is 0. The smallest absolute Gasteiger partial charge is 0.237 e. The highest BCUT2D eigenvalue weighted by atomic mass is 35.5. The van der Waals surface area contributed by atoms with Crippen LogP contribution in [0.15, 0.2) is 30.3 Å². The second kappa shape index (κ2) is 7.19. The molecule has 1 heterocycles. The Morgan fingerprint density at radius 3 is 2.48 bits per heavy atom. The van der Waals surface area contributed by atoms with Gasteiger partial charge in [0.15, 0.2) is 17.5 Å². The van der Waals surface area contributed by atoms with Crippen LogP contribution in [0, 0.1) is 29.2 Å².